The summed E-state index contributed by atoms with van der Waals surface area (Å²) in [6, 6.07) is 16.0. The monoisotopic (exact) mass is 409 g/mol. The number of amides is 3. The number of carbonyl (C=O) groups is 3. The molecule has 1 N–H and O–H groups in total. The Morgan fingerprint density at radius 2 is 1.50 bits per heavy atom. The summed E-state index contributed by atoms with van der Waals surface area (Å²) in [6.45, 7) is 2.53. The third-order valence-corrected chi connectivity index (χ3v) is 5.15. The topological polar surface area (TPSA) is 79.0 Å². The number of carbonyl (C=O) groups excluding carboxylic acids is 3. The van der Waals surface area contributed by atoms with Crippen molar-refractivity contribution in [1.29, 1.82) is 0 Å². The van der Waals surface area contributed by atoms with Crippen LogP contribution in [0.5, 0.6) is 5.75 Å². The standard InChI is InChI=1S/C23H27N3O4/c1-30-20-11-9-19(10-12-20)23(29)26-16-14-25(15-17-26)21(27)8-5-13-24-22(28)18-6-3-2-4-7-18/h2-4,6-7,9-12H,5,8,13-17H2,1H3,(H,24,28). The lowest BCUT2D eigenvalue weighted by Crippen LogP contribution is -2.50. The van der Waals surface area contributed by atoms with Gasteiger partial charge in [-0.2, -0.15) is 0 Å². The molecular formula is C23H27N3O4. The molecule has 2 aromatic rings. The summed E-state index contributed by atoms with van der Waals surface area (Å²) < 4.78 is 5.12. The van der Waals surface area contributed by atoms with Gasteiger partial charge in [0.05, 0.1) is 7.11 Å². The molecular weight excluding hydrogens is 382 g/mol. The maximum Gasteiger partial charge on any atom is 0.253 e. The molecule has 158 valence electrons. The normalized spacial score (nSPS) is 13.6. The van der Waals surface area contributed by atoms with Gasteiger partial charge in [0.25, 0.3) is 11.8 Å². The fourth-order valence-electron chi connectivity index (χ4n) is 3.37. The fourth-order valence-corrected chi connectivity index (χ4v) is 3.37. The Balaban J connectivity index is 1.37. The lowest BCUT2D eigenvalue weighted by molar-refractivity contribution is -0.132. The smallest absolute Gasteiger partial charge is 0.253 e. The van der Waals surface area contributed by atoms with Crippen molar-refractivity contribution < 1.29 is 19.1 Å². The van der Waals surface area contributed by atoms with Crippen LogP contribution in [0.2, 0.25) is 0 Å². The van der Waals surface area contributed by atoms with Gasteiger partial charge in [-0.15, -0.1) is 0 Å². The third-order valence-electron chi connectivity index (χ3n) is 5.15. The molecule has 7 heteroatoms. The molecule has 0 saturated carbocycles. The second kappa shape index (κ2) is 10.4. The number of nitrogens with one attached hydrogen (secondary N) is 1. The first-order valence-corrected chi connectivity index (χ1v) is 10.1. The molecule has 0 atom stereocenters. The van der Waals surface area contributed by atoms with Gasteiger partial charge in [0, 0.05) is 50.3 Å². The Labute approximate surface area is 176 Å². The minimum atomic E-state index is -0.131. The number of ether oxygens (including phenoxy) is 1. The van der Waals surface area contributed by atoms with Crippen molar-refractivity contribution >= 4 is 17.7 Å². The highest BCUT2D eigenvalue weighted by molar-refractivity contribution is 5.95. The second-order valence-electron chi connectivity index (χ2n) is 7.13. The lowest BCUT2D eigenvalue weighted by atomic mass is 10.1. The zero-order valence-electron chi connectivity index (χ0n) is 17.2. The van der Waals surface area contributed by atoms with Crippen molar-refractivity contribution in [3.05, 3.63) is 65.7 Å². The van der Waals surface area contributed by atoms with Gasteiger partial charge in [-0.05, 0) is 42.8 Å². The van der Waals surface area contributed by atoms with Crippen LogP contribution < -0.4 is 10.1 Å². The molecule has 3 rings (SSSR count). The Kier molecular flexibility index (Phi) is 7.43. The molecule has 0 unspecified atom stereocenters. The molecule has 1 aliphatic heterocycles. The van der Waals surface area contributed by atoms with Crippen molar-refractivity contribution in [1.82, 2.24) is 15.1 Å². The van der Waals surface area contributed by atoms with Gasteiger partial charge in [0.1, 0.15) is 5.75 Å². The van der Waals surface area contributed by atoms with E-state index in [2.05, 4.69) is 5.32 Å². The van der Waals surface area contributed by atoms with Gasteiger partial charge in [-0.1, -0.05) is 18.2 Å². The first-order valence-electron chi connectivity index (χ1n) is 10.1. The van der Waals surface area contributed by atoms with Crippen LogP contribution in [0.1, 0.15) is 33.6 Å². The quantitative estimate of drug-likeness (QED) is 0.711. The summed E-state index contributed by atoms with van der Waals surface area (Å²) >= 11 is 0. The van der Waals surface area contributed by atoms with Crippen molar-refractivity contribution in [2.75, 3.05) is 39.8 Å². The number of benzene rings is 2. The van der Waals surface area contributed by atoms with Crippen molar-refractivity contribution in [2.24, 2.45) is 0 Å². The van der Waals surface area contributed by atoms with E-state index in [-0.39, 0.29) is 17.7 Å². The number of rotatable bonds is 7. The molecule has 0 aliphatic carbocycles. The van der Waals surface area contributed by atoms with E-state index in [1.54, 1.807) is 53.3 Å². The Hall–Kier alpha value is -3.35. The number of piperazine rings is 1. The van der Waals surface area contributed by atoms with E-state index < -0.39 is 0 Å². The number of hydrogen-bond acceptors (Lipinski definition) is 4. The van der Waals surface area contributed by atoms with Gasteiger partial charge in [-0.25, -0.2) is 0 Å². The van der Waals surface area contributed by atoms with Crippen LogP contribution in [-0.4, -0.2) is 67.4 Å². The summed E-state index contributed by atoms with van der Waals surface area (Å²) in [7, 11) is 1.59. The number of methoxy groups -OCH3 is 1. The van der Waals surface area contributed by atoms with Gasteiger partial charge in [0.2, 0.25) is 5.91 Å². The van der Waals surface area contributed by atoms with Crippen LogP contribution in [0.4, 0.5) is 0 Å². The van der Waals surface area contributed by atoms with Crippen molar-refractivity contribution in [2.45, 2.75) is 12.8 Å². The van der Waals surface area contributed by atoms with Gasteiger partial charge in [-0.3, -0.25) is 14.4 Å². The summed E-state index contributed by atoms with van der Waals surface area (Å²) in [4.78, 5) is 40.6. The molecule has 0 radical (unpaired) electrons. The van der Waals surface area contributed by atoms with Crippen LogP contribution >= 0.6 is 0 Å². The minimum absolute atomic E-state index is 0.0339. The second-order valence-corrected chi connectivity index (χ2v) is 7.13. The first-order chi connectivity index (χ1) is 14.6. The Bertz CT molecular complexity index is 860. The maximum atomic E-state index is 12.6. The van der Waals surface area contributed by atoms with E-state index in [4.69, 9.17) is 4.74 Å². The van der Waals surface area contributed by atoms with Crippen LogP contribution in [0.3, 0.4) is 0 Å². The molecule has 2 aromatic carbocycles. The molecule has 0 spiro atoms. The molecule has 1 heterocycles. The summed E-state index contributed by atoms with van der Waals surface area (Å²) in [5.41, 5.74) is 1.23. The van der Waals surface area contributed by atoms with E-state index >= 15 is 0 Å². The zero-order chi connectivity index (χ0) is 21.3. The fraction of sp³-hybridized carbons (Fsp3) is 0.348. The minimum Gasteiger partial charge on any atom is -0.497 e. The molecule has 3 amide bonds. The zero-order valence-corrected chi connectivity index (χ0v) is 17.2. The van der Waals surface area contributed by atoms with E-state index in [1.807, 2.05) is 18.2 Å². The van der Waals surface area contributed by atoms with Crippen molar-refractivity contribution in [3.8, 4) is 5.75 Å². The van der Waals surface area contributed by atoms with Crippen LogP contribution in [-0.2, 0) is 4.79 Å². The van der Waals surface area contributed by atoms with Crippen LogP contribution in [0, 0.1) is 0 Å². The van der Waals surface area contributed by atoms with E-state index in [0.29, 0.717) is 62.4 Å². The van der Waals surface area contributed by atoms with E-state index in [1.165, 1.54) is 0 Å². The first kappa shape index (κ1) is 21.4. The Morgan fingerprint density at radius 1 is 0.867 bits per heavy atom. The predicted molar refractivity (Wildman–Crippen MR) is 113 cm³/mol. The summed E-state index contributed by atoms with van der Waals surface area (Å²) in [5.74, 6) is 0.601. The highest BCUT2D eigenvalue weighted by atomic mass is 16.5. The molecule has 1 saturated heterocycles. The van der Waals surface area contributed by atoms with Gasteiger partial charge in [0.15, 0.2) is 0 Å². The number of hydrogen-bond donors (Lipinski definition) is 1. The molecule has 7 nitrogen and oxygen atoms in total. The lowest BCUT2D eigenvalue weighted by Gasteiger charge is -2.35. The van der Waals surface area contributed by atoms with Gasteiger partial charge < -0.3 is 19.9 Å². The third kappa shape index (κ3) is 5.59. The predicted octanol–water partition coefficient (Wildman–Crippen LogP) is 2.19. The van der Waals surface area contributed by atoms with Crippen LogP contribution in [0.25, 0.3) is 0 Å². The Morgan fingerprint density at radius 3 is 2.13 bits per heavy atom. The maximum absolute atomic E-state index is 12.6. The molecule has 0 aromatic heterocycles. The van der Waals surface area contributed by atoms with E-state index in [0.717, 1.165) is 0 Å². The molecule has 1 aliphatic rings. The molecule has 30 heavy (non-hydrogen) atoms. The largest absolute Gasteiger partial charge is 0.497 e. The van der Waals surface area contributed by atoms with E-state index in [9.17, 15) is 14.4 Å². The summed E-state index contributed by atoms with van der Waals surface area (Å²) in [6.07, 6.45) is 0.962. The van der Waals surface area contributed by atoms with Gasteiger partial charge >= 0.3 is 0 Å². The molecule has 1 fully saturated rings. The SMILES string of the molecule is COc1ccc(C(=O)N2CCN(C(=O)CCCNC(=O)c3ccccc3)CC2)cc1. The van der Waals surface area contributed by atoms with Crippen molar-refractivity contribution in [3.63, 3.8) is 0 Å². The highest BCUT2D eigenvalue weighted by Gasteiger charge is 2.24. The average Bonchev–Trinajstić information content (AvgIpc) is 2.81. The average molecular weight is 409 g/mol. The molecule has 0 bridgehead atoms. The summed E-state index contributed by atoms with van der Waals surface area (Å²) in [5, 5.41) is 2.83. The highest BCUT2D eigenvalue weighted by Crippen LogP contribution is 2.14. The number of nitrogens with zero attached hydrogens (tertiary/aromatic N) is 2. The van der Waals surface area contributed by atoms with Crippen LogP contribution in [0.15, 0.2) is 54.6 Å².